The van der Waals surface area contributed by atoms with E-state index in [9.17, 15) is 14.5 Å². The molecule has 0 aromatic heterocycles. The highest BCUT2D eigenvalue weighted by molar-refractivity contribution is 9.11. The van der Waals surface area contributed by atoms with Crippen molar-refractivity contribution in [3.8, 4) is 0 Å². The lowest BCUT2D eigenvalue weighted by molar-refractivity contribution is -0.385. The number of benzene rings is 2. The topological polar surface area (TPSA) is 55.2 Å². The summed E-state index contributed by atoms with van der Waals surface area (Å²) in [6.07, 6.45) is 0. The first kappa shape index (κ1) is 16.2. The molecule has 0 aliphatic rings. The Morgan fingerprint density at radius 2 is 1.95 bits per heavy atom. The van der Waals surface area contributed by atoms with Crippen LogP contribution in [0.25, 0.3) is 0 Å². The first-order chi connectivity index (χ1) is 9.88. The van der Waals surface area contributed by atoms with E-state index in [0.717, 1.165) is 0 Å². The molecule has 0 atom stereocenters. The van der Waals surface area contributed by atoms with E-state index in [1.807, 2.05) is 0 Å². The lowest BCUT2D eigenvalue weighted by atomic mass is 10.2. The van der Waals surface area contributed by atoms with E-state index in [-0.39, 0.29) is 10.7 Å². The number of nitro groups is 1. The number of hydrogen-bond donors (Lipinski definition) is 1. The van der Waals surface area contributed by atoms with Crippen LogP contribution in [0.4, 0.5) is 15.8 Å². The second-order valence-electron chi connectivity index (χ2n) is 4.14. The van der Waals surface area contributed by atoms with Crippen molar-refractivity contribution in [1.29, 1.82) is 0 Å². The van der Waals surface area contributed by atoms with E-state index in [0.29, 0.717) is 26.7 Å². The Morgan fingerprint density at radius 3 is 2.57 bits per heavy atom. The van der Waals surface area contributed by atoms with Crippen molar-refractivity contribution < 1.29 is 9.31 Å². The third-order valence-corrected chi connectivity index (χ3v) is 4.28. The molecular formula is C13H8Br2ClFN2O2. The number of anilines is 1. The first-order valence-electron chi connectivity index (χ1n) is 5.69. The largest absolute Gasteiger partial charge is 0.379 e. The van der Waals surface area contributed by atoms with Gasteiger partial charge in [0.05, 0.1) is 20.1 Å². The Kier molecular flexibility index (Phi) is 5.18. The second-order valence-corrected chi connectivity index (χ2v) is 6.26. The lowest BCUT2D eigenvalue weighted by Crippen LogP contribution is -2.02. The Hall–Kier alpha value is -1.18. The fourth-order valence-corrected chi connectivity index (χ4v) is 3.06. The standard InChI is InChI=1S/C13H8Br2ClFN2O2/c14-9-2-1-7(3-12(9)19(20)21)6-18-13-10(15)4-8(17)5-11(13)16/h1-5,18H,6H2. The average Bonchev–Trinajstić information content (AvgIpc) is 2.38. The number of halogens is 4. The zero-order chi connectivity index (χ0) is 15.6. The summed E-state index contributed by atoms with van der Waals surface area (Å²) in [6, 6.07) is 7.30. The summed E-state index contributed by atoms with van der Waals surface area (Å²) < 4.78 is 14.0. The van der Waals surface area contributed by atoms with Crippen molar-refractivity contribution in [2.24, 2.45) is 0 Å². The minimum absolute atomic E-state index is 0.0152. The molecule has 0 heterocycles. The van der Waals surface area contributed by atoms with Gasteiger partial charge in [0, 0.05) is 17.1 Å². The molecule has 110 valence electrons. The Balaban J connectivity index is 2.21. The van der Waals surface area contributed by atoms with Crippen LogP contribution in [0.2, 0.25) is 5.02 Å². The molecule has 8 heteroatoms. The van der Waals surface area contributed by atoms with Crippen LogP contribution < -0.4 is 5.32 Å². The monoisotopic (exact) mass is 436 g/mol. The fraction of sp³-hybridized carbons (Fsp3) is 0.0769. The molecule has 0 saturated heterocycles. The third-order valence-electron chi connectivity index (χ3n) is 2.68. The van der Waals surface area contributed by atoms with Gasteiger partial charge in [-0.2, -0.15) is 0 Å². The molecule has 0 saturated carbocycles. The Bertz CT molecular complexity index is 690. The van der Waals surface area contributed by atoms with E-state index in [2.05, 4.69) is 37.2 Å². The molecule has 21 heavy (non-hydrogen) atoms. The summed E-state index contributed by atoms with van der Waals surface area (Å²) in [4.78, 5) is 10.4. The molecule has 0 radical (unpaired) electrons. The van der Waals surface area contributed by atoms with Gasteiger partial charge in [0.25, 0.3) is 5.69 Å². The molecule has 2 rings (SSSR count). The third kappa shape index (κ3) is 3.93. The molecular weight excluding hydrogens is 430 g/mol. The maximum absolute atomic E-state index is 13.1. The van der Waals surface area contributed by atoms with Crippen LogP contribution in [0.1, 0.15) is 5.56 Å². The van der Waals surface area contributed by atoms with E-state index in [1.54, 1.807) is 12.1 Å². The Morgan fingerprint density at radius 1 is 1.24 bits per heavy atom. The number of rotatable bonds is 4. The highest BCUT2D eigenvalue weighted by Crippen LogP contribution is 2.32. The molecule has 2 aromatic rings. The fourth-order valence-electron chi connectivity index (χ4n) is 1.71. The minimum atomic E-state index is -0.464. The van der Waals surface area contributed by atoms with Crippen molar-refractivity contribution in [3.05, 3.63) is 65.8 Å². The Labute approximate surface area is 141 Å². The molecule has 0 spiro atoms. The zero-order valence-electron chi connectivity index (χ0n) is 10.4. The maximum atomic E-state index is 13.1. The normalized spacial score (nSPS) is 10.5. The second kappa shape index (κ2) is 6.72. The summed E-state index contributed by atoms with van der Waals surface area (Å²) in [5.41, 5.74) is 1.22. The predicted octanol–water partition coefficient (Wildman–Crippen LogP) is 5.52. The molecule has 0 unspecified atom stereocenters. The van der Waals surface area contributed by atoms with Crippen LogP contribution in [0.15, 0.2) is 39.3 Å². The van der Waals surface area contributed by atoms with Gasteiger partial charge in [0.2, 0.25) is 0 Å². The number of hydrogen-bond acceptors (Lipinski definition) is 3. The first-order valence-corrected chi connectivity index (χ1v) is 7.66. The van der Waals surface area contributed by atoms with E-state index in [4.69, 9.17) is 11.6 Å². The molecule has 0 aliphatic heterocycles. The van der Waals surface area contributed by atoms with Crippen LogP contribution in [0.3, 0.4) is 0 Å². The van der Waals surface area contributed by atoms with Gasteiger partial charge >= 0.3 is 0 Å². The molecule has 0 fully saturated rings. The van der Waals surface area contributed by atoms with Gasteiger partial charge in [-0.1, -0.05) is 17.7 Å². The van der Waals surface area contributed by atoms with Gasteiger partial charge in [-0.15, -0.1) is 0 Å². The quantitative estimate of drug-likeness (QED) is 0.505. The average molecular weight is 438 g/mol. The molecule has 0 amide bonds. The van der Waals surface area contributed by atoms with E-state index in [1.165, 1.54) is 18.2 Å². The number of nitro benzene ring substituents is 1. The summed E-state index contributed by atoms with van der Waals surface area (Å²) in [5.74, 6) is -0.447. The van der Waals surface area contributed by atoms with Gasteiger partial charge in [-0.3, -0.25) is 10.1 Å². The van der Waals surface area contributed by atoms with Crippen molar-refractivity contribution in [3.63, 3.8) is 0 Å². The molecule has 2 aromatic carbocycles. The highest BCUT2D eigenvalue weighted by Gasteiger charge is 2.13. The molecule has 0 bridgehead atoms. The summed E-state index contributed by atoms with van der Waals surface area (Å²) >= 11 is 12.3. The molecule has 4 nitrogen and oxygen atoms in total. The number of nitrogens with one attached hydrogen (secondary N) is 1. The maximum Gasteiger partial charge on any atom is 0.283 e. The van der Waals surface area contributed by atoms with Crippen molar-refractivity contribution in [2.45, 2.75) is 6.54 Å². The van der Waals surface area contributed by atoms with Crippen LogP contribution in [0.5, 0.6) is 0 Å². The van der Waals surface area contributed by atoms with Gasteiger partial charge in [-0.05, 0) is 55.6 Å². The van der Waals surface area contributed by atoms with Crippen molar-refractivity contribution >= 4 is 54.8 Å². The van der Waals surface area contributed by atoms with Gasteiger partial charge < -0.3 is 5.32 Å². The summed E-state index contributed by atoms with van der Waals surface area (Å²) in [6.45, 7) is 0.318. The van der Waals surface area contributed by atoms with Gasteiger partial charge in [-0.25, -0.2) is 4.39 Å². The summed E-state index contributed by atoms with van der Waals surface area (Å²) in [5, 5.41) is 14.1. The predicted molar refractivity (Wildman–Crippen MR) is 87.2 cm³/mol. The van der Waals surface area contributed by atoms with Gasteiger partial charge in [0.1, 0.15) is 5.82 Å². The van der Waals surface area contributed by atoms with Crippen molar-refractivity contribution in [1.82, 2.24) is 0 Å². The van der Waals surface area contributed by atoms with E-state index < -0.39 is 10.7 Å². The zero-order valence-corrected chi connectivity index (χ0v) is 14.3. The van der Waals surface area contributed by atoms with Gasteiger partial charge in [0.15, 0.2) is 0 Å². The van der Waals surface area contributed by atoms with Crippen molar-refractivity contribution in [2.75, 3.05) is 5.32 Å². The molecule has 0 aliphatic carbocycles. The van der Waals surface area contributed by atoms with Crippen LogP contribution in [-0.4, -0.2) is 4.92 Å². The lowest BCUT2D eigenvalue weighted by Gasteiger charge is -2.11. The van der Waals surface area contributed by atoms with Crippen LogP contribution in [0, 0.1) is 15.9 Å². The van der Waals surface area contributed by atoms with Crippen LogP contribution in [-0.2, 0) is 6.54 Å². The van der Waals surface area contributed by atoms with Crippen LogP contribution >= 0.6 is 43.5 Å². The SMILES string of the molecule is O=[N+]([O-])c1cc(CNc2c(Cl)cc(F)cc2Br)ccc1Br. The number of nitrogens with zero attached hydrogens (tertiary/aromatic N) is 1. The summed E-state index contributed by atoms with van der Waals surface area (Å²) in [7, 11) is 0. The molecule has 1 N–H and O–H groups in total. The minimum Gasteiger partial charge on any atom is -0.379 e. The smallest absolute Gasteiger partial charge is 0.283 e. The highest BCUT2D eigenvalue weighted by atomic mass is 79.9. The van der Waals surface area contributed by atoms with E-state index >= 15 is 0 Å².